The number of aromatic amines is 1. The van der Waals surface area contributed by atoms with Crippen LogP contribution in [0.4, 0.5) is 5.82 Å². The van der Waals surface area contributed by atoms with Crippen LogP contribution in [-0.2, 0) is 6.42 Å². The van der Waals surface area contributed by atoms with E-state index in [4.69, 9.17) is 4.74 Å². The topological polar surface area (TPSA) is 79.9 Å². The molecule has 0 aliphatic heterocycles. The maximum Gasteiger partial charge on any atom is 0.257 e. The largest absolute Gasteiger partial charge is 0.494 e. The average Bonchev–Trinajstić information content (AvgIpc) is 3.05. The molecule has 0 aliphatic rings. The van der Waals surface area contributed by atoms with E-state index in [0.717, 1.165) is 23.2 Å². The van der Waals surface area contributed by atoms with Crippen molar-refractivity contribution in [2.45, 2.75) is 20.3 Å². The Hall–Kier alpha value is -3.15. The van der Waals surface area contributed by atoms with E-state index in [2.05, 4.69) is 20.5 Å². The number of aromatic nitrogens is 3. The molecule has 2 heterocycles. The van der Waals surface area contributed by atoms with Crippen LogP contribution in [0.5, 0.6) is 5.75 Å². The standard InChI is InChI=1S/C19H20N4O2/c1-3-16-17(13-8-10-20-11-9-13)22-23-18(16)21-19(24)14-6-5-7-15(12-14)25-4-2/h5-12H,3-4H2,1-2H3,(H2,21,22,23,24). The second-order valence-electron chi connectivity index (χ2n) is 5.43. The van der Waals surface area contributed by atoms with Crippen LogP contribution in [0.15, 0.2) is 48.8 Å². The van der Waals surface area contributed by atoms with Crippen LogP contribution in [0.1, 0.15) is 29.8 Å². The summed E-state index contributed by atoms with van der Waals surface area (Å²) in [4.78, 5) is 16.6. The smallest absolute Gasteiger partial charge is 0.257 e. The number of rotatable bonds is 6. The average molecular weight is 336 g/mol. The van der Waals surface area contributed by atoms with Gasteiger partial charge in [0.25, 0.3) is 5.91 Å². The third-order valence-corrected chi connectivity index (χ3v) is 3.83. The Kier molecular flexibility index (Phi) is 5.09. The number of anilines is 1. The number of amides is 1. The number of hydrogen-bond donors (Lipinski definition) is 2. The highest BCUT2D eigenvalue weighted by Crippen LogP contribution is 2.27. The molecule has 0 saturated heterocycles. The van der Waals surface area contributed by atoms with Gasteiger partial charge in [0.2, 0.25) is 0 Å². The predicted octanol–water partition coefficient (Wildman–Crippen LogP) is 3.69. The first-order valence-corrected chi connectivity index (χ1v) is 8.24. The van der Waals surface area contributed by atoms with E-state index in [9.17, 15) is 4.79 Å². The zero-order valence-electron chi connectivity index (χ0n) is 14.2. The highest BCUT2D eigenvalue weighted by Gasteiger charge is 2.16. The molecule has 0 radical (unpaired) electrons. The molecule has 6 nitrogen and oxygen atoms in total. The number of nitrogens with zero attached hydrogens (tertiary/aromatic N) is 2. The number of carbonyl (C=O) groups excluding carboxylic acids is 1. The summed E-state index contributed by atoms with van der Waals surface area (Å²) in [7, 11) is 0. The molecule has 0 spiro atoms. The van der Waals surface area contributed by atoms with Gasteiger partial charge in [-0.2, -0.15) is 5.10 Å². The predicted molar refractivity (Wildman–Crippen MR) is 96.8 cm³/mol. The Morgan fingerprint density at radius 1 is 1.20 bits per heavy atom. The number of H-pyrrole nitrogens is 1. The highest BCUT2D eigenvalue weighted by molar-refractivity contribution is 6.04. The molecule has 2 aromatic heterocycles. The highest BCUT2D eigenvalue weighted by atomic mass is 16.5. The molecule has 0 unspecified atom stereocenters. The lowest BCUT2D eigenvalue weighted by molar-refractivity contribution is 0.102. The minimum atomic E-state index is -0.218. The summed E-state index contributed by atoms with van der Waals surface area (Å²) in [5, 5.41) is 10.2. The van der Waals surface area contributed by atoms with Gasteiger partial charge in [0, 0.05) is 29.1 Å². The molecular formula is C19H20N4O2. The normalized spacial score (nSPS) is 10.5. The van der Waals surface area contributed by atoms with E-state index in [1.165, 1.54) is 0 Å². The molecule has 0 fully saturated rings. The summed E-state index contributed by atoms with van der Waals surface area (Å²) in [6.07, 6.45) is 4.20. The summed E-state index contributed by atoms with van der Waals surface area (Å²) in [5.41, 5.74) is 3.36. The van der Waals surface area contributed by atoms with Crippen molar-refractivity contribution in [3.63, 3.8) is 0 Å². The van der Waals surface area contributed by atoms with Crippen LogP contribution in [0.3, 0.4) is 0 Å². The van der Waals surface area contributed by atoms with Crippen LogP contribution in [0.2, 0.25) is 0 Å². The minimum Gasteiger partial charge on any atom is -0.494 e. The molecule has 1 aromatic carbocycles. The summed E-state index contributed by atoms with van der Waals surface area (Å²) in [6, 6.07) is 10.9. The molecule has 0 atom stereocenters. The Balaban J connectivity index is 1.85. The molecule has 6 heteroatoms. The van der Waals surface area contributed by atoms with Gasteiger partial charge in [-0.1, -0.05) is 13.0 Å². The van der Waals surface area contributed by atoms with E-state index in [1.807, 2.05) is 32.0 Å². The second kappa shape index (κ2) is 7.61. The van der Waals surface area contributed by atoms with Gasteiger partial charge in [-0.3, -0.25) is 14.9 Å². The molecule has 2 N–H and O–H groups in total. The van der Waals surface area contributed by atoms with Crippen molar-refractivity contribution < 1.29 is 9.53 Å². The Bertz CT molecular complexity index is 859. The van der Waals surface area contributed by atoms with Gasteiger partial charge in [-0.25, -0.2) is 0 Å². The number of nitrogens with one attached hydrogen (secondary N) is 2. The number of hydrogen-bond acceptors (Lipinski definition) is 4. The first-order valence-electron chi connectivity index (χ1n) is 8.24. The second-order valence-corrected chi connectivity index (χ2v) is 5.43. The molecule has 25 heavy (non-hydrogen) atoms. The maximum absolute atomic E-state index is 12.6. The fourth-order valence-electron chi connectivity index (χ4n) is 2.64. The van der Waals surface area contributed by atoms with Crippen molar-refractivity contribution in [2.24, 2.45) is 0 Å². The van der Waals surface area contributed by atoms with Crippen molar-refractivity contribution in [1.29, 1.82) is 0 Å². The van der Waals surface area contributed by atoms with Crippen LogP contribution in [0.25, 0.3) is 11.3 Å². The zero-order valence-corrected chi connectivity index (χ0v) is 14.2. The first kappa shape index (κ1) is 16.7. The van der Waals surface area contributed by atoms with Crippen molar-refractivity contribution in [3.05, 3.63) is 59.9 Å². The van der Waals surface area contributed by atoms with Crippen LogP contribution in [0, 0.1) is 0 Å². The molecule has 3 rings (SSSR count). The summed E-state index contributed by atoms with van der Waals surface area (Å²) in [5.74, 6) is 0.996. The maximum atomic E-state index is 12.6. The van der Waals surface area contributed by atoms with Crippen LogP contribution >= 0.6 is 0 Å². The molecular weight excluding hydrogens is 316 g/mol. The van der Waals surface area contributed by atoms with Gasteiger partial charge in [0.1, 0.15) is 5.75 Å². The zero-order chi connectivity index (χ0) is 17.6. The summed E-state index contributed by atoms with van der Waals surface area (Å²) < 4.78 is 5.45. The van der Waals surface area contributed by atoms with Crippen molar-refractivity contribution >= 4 is 11.7 Å². The number of carbonyl (C=O) groups is 1. The fraction of sp³-hybridized carbons (Fsp3) is 0.211. The van der Waals surface area contributed by atoms with Crippen molar-refractivity contribution in [3.8, 4) is 17.0 Å². The van der Waals surface area contributed by atoms with Gasteiger partial charge in [-0.15, -0.1) is 0 Å². The lowest BCUT2D eigenvalue weighted by atomic mass is 10.1. The SMILES string of the molecule is CCOc1cccc(C(=O)Nc2n[nH]c(-c3ccncc3)c2CC)c1. The van der Waals surface area contributed by atoms with E-state index >= 15 is 0 Å². The number of benzene rings is 1. The Morgan fingerprint density at radius 3 is 2.72 bits per heavy atom. The number of ether oxygens (including phenoxy) is 1. The van der Waals surface area contributed by atoms with Crippen molar-refractivity contribution in [2.75, 3.05) is 11.9 Å². The van der Waals surface area contributed by atoms with Crippen LogP contribution in [-0.4, -0.2) is 27.7 Å². The lowest BCUT2D eigenvalue weighted by Gasteiger charge is -2.07. The summed E-state index contributed by atoms with van der Waals surface area (Å²) in [6.45, 7) is 4.49. The monoisotopic (exact) mass is 336 g/mol. The van der Waals surface area contributed by atoms with Crippen LogP contribution < -0.4 is 10.1 Å². The summed E-state index contributed by atoms with van der Waals surface area (Å²) >= 11 is 0. The molecule has 3 aromatic rings. The molecule has 128 valence electrons. The van der Waals surface area contributed by atoms with E-state index in [-0.39, 0.29) is 5.91 Å². The molecule has 0 bridgehead atoms. The van der Waals surface area contributed by atoms with Crippen molar-refractivity contribution in [1.82, 2.24) is 15.2 Å². The number of pyridine rings is 1. The van der Waals surface area contributed by atoms with Gasteiger partial charge in [0.15, 0.2) is 5.82 Å². The van der Waals surface area contributed by atoms with Gasteiger partial charge in [-0.05, 0) is 43.7 Å². The van der Waals surface area contributed by atoms with Gasteiger partial charge in [0.05, 0.1) is 12.3 Å². The molecule has 0 aliphatic carbocycles. The van der Waals surface area contributed by atoms with E-state index < -0.39 is 0 Å². The van der Waals surface area contributed by atoms with Gasteiger partial charge >= 0.3 is 0 Å². The quantitative estimate of drug-likeness (QED) is 0.719. The fourth-order valence-corrected chi connectivity index (χ4v) is 2.64. The lowest BCUT2D eigenvalue weighted by Crippen LogP contribution is -2.13. The Labute approximate surface area is 146 Å². The molecule has 0 saturated carbocycles. The van der Waals surface area contributed by atoms with Gasteiger partial charge < -0.3 is 10.1 Å². The minimum absolute atomic E-state index is 0.218. The first-order chi connectivity index (χ1) is 12.2. The van der Waals surface area contributed by atoms with E-state index in [0.29, 0.717) is 23.7 Å². The Morgan fingerprint density at radius 2 is 2.00 bits per heavy atom. The third kappa shape index (κ3) is 3.68. The van der Waals surface area contributed by atoms with E-state index in [1.54, 1.807) is 30.6 Å². The third-order valence-electron chi connectivity index (χ3n) is 3.83. The molecule has 1 amide bonds.